The molecule has 0 saturated carbocycles. The minimum absolute atomic E-state index is 0. The third-order valence-electron chi connectivity index (χ3n) is 5.92. The van der Waals surface area contributed by atoms with E-state index < -0.39 is 0 Å². The van der Waals surface area contributed by atoms with Crippen molar-refractivity contribution in [2.24, 2.45) is 10.9 Å². The van der Waals surface area contributed by atoms with Crippen LogP contribution in [-0.2, 0) is 24.2 Å². The maximum atomic E-state index is 13.9. The van der Waals surface area contributed by atoms with Crippen LogP contribution in [0.2, 0.25) is 0 Å². The molecule has 0 unspecified atom stereocenters. The van der Waals surface area contributed by atoms with E-state index in [0.717, 1.165) is 48.3 Å². The minimum atomic E-state index is -0.247. The Balaban J connectivity index is 0.00000272. The van der Waals surface area contributed by atoms with Crippen LogP contribution in [0.4, 0.5) is 4.39 Å². The molecule has 1 saturated heterocycles. The quantitative estimate of drug-likeness (QED) is 0.348. The second-order valence-electron chi connectivity index (χ2n) is 8.01. The maximum absolute atomic E-state index is 13.9. The van der Waals surface area contributed by atoms with Crippen LogP contribution in [0.15, 0.2) is 47.5 Å². The molecule has 31 heavy (non-hydrogen) atoms. The monoisotopic (exact) mass is 539 g/mol. The highest BCUT2D eigenvalue weighted by atomic mass is 127. The number of rotatable bonds is 5. The van der Waals surface area contributed by atoms with Crippen molar-refractivity contribution in [1.29, 1.82) is 0 Å². The molecule has 0 amide bonds. The summed E-state index contributed by atoms with van der Waals surface area (Å²) in [5.74, 6) is 2.16. The molecule has 1 fully saturated rings. The van der Waals surface area contributed by atoms with Gasteiger partial charge in [0.2, 0.25) is 0 Å². The lowest BCUT2D eigenvalue weighted by Gasteiger charge is -2.34. The molecule has 2 aromatic carbocycles. The van der Waals surface area contributed by atoms with Gasteiger partial charge in [-0.3, -0.25) is 4.99 Å². The Kier molecular flexibility index (Phi) is 8.95. The highest BCUT2D eigenvalue weighted by molar-refractivity contribution is 14.0. The van der Waals surface area contributed by atoms with Crippen LogP contribution in [0.25, 0.3) is 0 Å². The molecular weight excluding hydrogens is 508 g/mol. The van der Waals surface area contributed by atoms with Gasteiger partial charge in [-0.25, -0.2) is 4.39 Å². The van der Waals surface area contributed by atoms with Crippen LogP contribution in [0.3, 0.4) is 0 Å². The molecule has 0 aliphatic carbocycles. The highest BCUT2D eigenvalue weighted by Crippen LogP contribution is 2.29. The van der Waals surface area contributed by atoms with Gasteiger partial charge >= 0.3 is 0 Å². The van der Waals surface area contributed by atoms with Crippen molar-refractivity contribution in [1.82, 2.24) is 10.2 Å². The predicted octanol–water partition coefficient (Wildman–Crippen LogP) is 4.38. The summed E-state index contributed by atoms with van der Waals surface area (Å²) in [4.78, 5) is 6.79. The van der Waals surface area contributed by atoms with Crippen molar-refractivity contribution < 1.29 is 13.9 Å². The Morgan fingerprint density at radius 2 is 1.97 bits per heavy atom. The van der Waals surface area contributed by atoms with Gasteiger partial charge in [-0.05, 0) is 54.9 Å². The van der Waals surface area contributed by atoms with Crippen LogP contribution in [0.1, 0.15) is 29.5 Å². The van der Waals surface area contributed by atoms with E-state index in [2.05, 4.69) is 45.5 Å². The van der Waals surface area contributed by atoms with Crippen molar-refractivity contribution in [3.05, 3.63) is 65.0 Å². The zero-order valence-corrected chi connectivity index (χ0v) is 20.3. The average Bonchev–Trinajstić information content (AvgIpc) is 2.78. The Labute approximate surface area is 201 Å². The van der Waals surface area contributed by atoms with Gasteiger partial charge in [0.05, 0.1) is 6.61 Å². The fourth-order valence-electron chi connectivity index (χ4n) is 4.38. The predicted molar refractivity (Wildman–Crippen MR) is 132 cm³/mol. The molecule has 0 radical (unpaired) electrons. The van der Waals surface area contributed by atoms with E-state index in [1.807, 2.05) is 7.05 Å². The number of hydrogen-bond acceptors (Lipinski definition) is 3. The SMILES string of the molecule is CN=C(NCCc1cc(F)cc2c1OCOC2)N1CCC(Cc2ccccc2)CC1.I. The minimum Gasteiger partial charge on any atom is -0.467 e. The lowest BCUT2D eigenvalue weighted by molar-refractivity contribution is -0.0172. The fraction of sp³-hybridized carbons (Fsp3) is 0.458. The normalized spacial score (nSPS) is 16.8. The van der Waals surface area contributed by atoms with Crippen LogP contribution in [0.5, 0.6) is 5.75 Å². The van der Waals surface area contributed by atoms with Gasteiger partial charge in [0.15, 0.2) is 12.8 Å². The molecule has 2 aliphatic heterocycles. The molecule has 168 valence electrons. The standard InChI is InChI=1S/C24H30FN3O2.HI/c1-26-24(28-11-8-19(9-12-28)13-18-5-3-2-4-6-18)27-10-7-20-14-22(25)15-21-16-29-17-30-23(20)21;/h2-6,14-15,19H,7-13,16-17H2,1H3,(H,26,27);1H. The van der Waals surface area contributed by atoms with Crippen LogP contribution in [0, 0.1) is 11.7 Å². The number of benzene rings is 2. The number of ether oxygens (including phenoxy) is 2. The number of fused-ring (bicyclic) bond motifs is 1. The summed E-state index contributed by atoms with van der Waals surface area (Å²) in [7, 11) is 1.82. The van der Waals surface area contributed by atoms with Gasteiger partial charge in [0, 0.05) is 32.2 Å². The van der Waals surface area contributed by atoms with Crippen molar-refractivity contribution in [2.45, 2.75) is 32.3 Å². The molecule has 2 aliphatic rings. The zero-order chi connectivity index (χ0) is 20.8. The molecule has 0 bridgehead atoms. The summed E-state index contributed by atoms with van der Waals surface area (Å²) in [6.07, 6.45) is 4.15. The molecule has 0 spiro atoms. The van der Waals surface area contributed by atoms with E-state index in [9.17, 15) is 4.39 Å². The van der Waals surface area contributed by atoms with Gasteiger partial charge in [-0.1, -0.05) is 30.3 Å². The number of guanidine groups is 1. The molecule has 1 N–H and O–H groups in total. The summed E-state index contributed by atoms with van der Waals surface area (Å²) < 4.78 is 24.8. The van der Waals surface area contributed by atoms with Crippen molar-refractivity contribution in [3.63, 3.8) is 0 Å². The summed E-state index contributed by atoms with van der Waals surface area (Å²) in [5, 5.41) is 3.45. The van der Waals surface area contributed by atoms with Crippen molar-refractivity contribution >= 4 is 29.9 Å². The summed E-state index contributed by atoms with van der Waals surface area (Å²) >= 11 is 0. The molecule has 2 heterocycles. The third-order valence-corrected chi connectivity index (χ3v) is 5.92. The number of hydrogen-bond donors (Lipinski definition) is 1. The van der Waals surface area contributed by atoms with Gasteiger partial charge in [-0.2, -0.15) is 0 Å². The van der Waals surface area contributed by atoms with E-state index in [1.54, 1.807) is 6.07 Å². The number of nitrogens with zero attached hydrogens (tertiary/aromatic N) is 2. The second kappa shape index (κ2) is 11.7. The number of halogens is 2. The summed E-state index contributed by atoms with van der Waals surface area (Å²) in [6.45, 7) is 3.31. The highest BCUT2D eigenvalue weighted by Gasteiger charge is 2.22. The first-order valence-electron chi connectivity index (χ1n) is 10.7. The van der Waals surface area contributed by atoms with E-state index in [0.29, 0.717) is 19.6 Å². The zero-order valence-electron chi connectivity index (χ0n) is 18.0. The third kappa shape index (κ3) is 6.32. The number of piperidine rings is 1. The summed E-state index contributed by atoms with van der Waals surface area (Å²) in [5.41, 5.74) is 3.07. The van der Waals surface area contributed by atoms with Gasteiger partial charge in [0.25, 0.3) is 0 Å². The fourth-order valence-corrected chi connectivity index (χ4v) is 4.38. The van der Waals surface area contributed by atoms with Crippen molar-refractivity contribution in [3.8, 4) is 5.75 Å². The number of aliphatic imine (C=N–C) groups is 1. The van der Waals surface area contributed by atoms with E-state index in [-0.39, 0.29) is 36.6 Å². The van der Waals surface area contributed by atoms with Gasteiger partial charge in [0.1, 0.15) is 11.6 Å². The Morgan fingerprint density at radius 1 is 1.19 bits per heavy atom. The number of likely N-dealkylation sites (tertiary alicyclic amines) is 1. The van der Waals surface area contributed by atoms with E-state index >= 15 is 0 Å². The molecule has 0 aromatic heterocycles. The van der Waals surface area contributed by atoms with Crippen molar-refractivity contribution in [2.75, 3.05) is 33.5 Å². The Hall–Kier alpha value is -1.87. The van der Waals surface area contributed by atoms with Crippen LogP contribution < -0.4 is 10.1 Å². The second-order valence-corrected chi connectivity index (χ2v) is 8.01. The first-order chi connectivity index (χ1) is 14.7. The van der Waals surface area contributed by atoms with Gasteiger partial charge in [-0.15, -0.1) is 24.0 Å². The van der Waals surface area contributed by atoms with Gasteiger partial charge < -0.3 is 19.7 Å². The molecule has 4 rings (SSSR count). The smallest absolute Gasteiger partial charge is 0.193 e. The molecular formula is C24H31FIN3O2. The number of nitrogens with one attached hydrogen (secondary N) is 1. The van der Waals surface area contributed by atoms with E-state index in [4.69, 9.17) is 9.47 Å². The molecule has 0 atom stereocenters. The Bertz CT molecular complexity index is 871. The van der Waals surface area contributed by atoms with E-state index in [1.165, 1.54) is 24.5 Å². The van der Waals surface area contributed by atoms with Crippen LogP contribution in [-0.4, -0.2) is 44.3 Å². The molecule has 2 aromatic rings. The lowest BCUT2D eigenvalue weighted by Crippen LogP contribution is -2.46. The average molecular weight is 539 g/mol. The maximum Gasteiger partial charge on any atom is 0.193 e. The molecule has 7 heteroatoms. The van der Waals surface area contributed by atoms with Crippen LogP contribution >= 0.6 is 24.0 Å². The molecule has 5 nitrogen and oxygen atoms in total. The first-order valence-corrected chi connectivity index (χ1v) is 10.7. The summed E-state index contributed by atoms with van der Waals surface area (Å²) in [6, 6.07) is 13.8. The topological polar surface area (TPSA) is 46.1 Å². The Morgan fingerprint density at radius 3 is 2.71 bits per heavy atom. The largest absolute Gasteiger partial charge is 0.467 e. The first kappa shape index (κ1) is 23.8. The lowest BCUT2D eigenvalue weighted by atomic mass is 9.90.